The quantitative estimate of drug-likeness (QED) is 0.712. The Labute approximate surface area is 88.3 Å². The van der Waals surface area contributed by atoms with Gasteiger partial charge in [-0.2, -0.15) is 0 Å². The number of hydrogen-bond acceptors (Lipinski definition) is 3. The summed E-state index contributed by atoms with van der Waals surface area (Å²) in [7, 11) is 0. The number of imidazole rings is 1. The fraction of sp³-hybridized carbons (Fsp3) is 0.364. The second kappa shape index (κ2) is 4.31. The minimum atomic E-state index is 0.0607. The van der Waals surface area contributed by atoms with Gasteiger partial charge in [0.15, 0.2) is 0 Å². The molecule has 0 radical (unpaired) electrons. The third kappa shape index (κ3) is 2.10. The van der Waals surface area contributed by atoms with E-state index in [-0.39, 0.29) is 12.6 Å². The number of benzene rings is 1. The van der Waals surface area contributed by atoms with E-state index in [0.717, 1.165) is 23.4 Å². The third-order valence-electron chi connectivity index (χ3n) is 2.44. The standard InChI is InChI=1S/C11H15N3O/c1-2-8(7-15)12-11-13-9-5-3-4-6-10(9)14-11/h3-6,8,15H,2,7H2,1H3,(H2,12,13,14). The monoisotopic (exact) mass is 205 g/mol. The van der Waals surface area contributed by atoms with Gasteiger partial charge in [0.1, 0.15) is 0 Å². The molecule has 1 unspecified atom stereocenters. The molecule has 0 bridgehead atoms. The molecular formula is C11H15N3O. The smallest absolute Gasteiger partial charge is 0.201 e. The van der Waals surface area contributed by atoms with Crippen molar-refractivity contribution in [3.63, 3.8) is 0 Å². The molecule has 0 aliphatic carbocycles. The molecular weight excluding hydrogens is 190 g/mol. The highest BCUT2D eigenvalue weighted by Gasteiger charge is 2.07. The van der Waals surface area contributed by atoms with Crippen LogP contribution in [-0.4, -0.2) is 27.7 Å². The molecule has 15 heavy (non-hydrogen) atoms. The predicted octanol–water partition coefficient (Wildman–Crippen LogP) is 1.75. The van der Waals surface area contributed by atoms with Crippen molar-refractivity contribution < 1.29 is 5.11 Å². The number of aromatic amines is 1. The minimum Gasteiger partial charge on any atom is -0.394 e. The van der Waals surface area contributed by atoms with Crippen LogP contribution in [0.25, 0.3) is 11.0 Å². The van der Waals surface area contributed by atoms with Gasteiger partial charge >= 0.3 is 0 Å². The van der Waals surface area contributed by atoms with Crippen LogP contribution in [-0.2, 0) is 0 Å². The molecule has 0 fully saturated rings. The van der Waals surface area contributed by atoms with Crippen LogP contribution >= 0.6 is 0 Å². The zero-order valence-corrected chi connectivity index (χ0v) is 8.70. The molecule has 0 aliphatic rings. The van der Waals surface area contributed by atoms with Gasteiger partial charge in [-0.3, -0.25) is 0 Å². The number of para-hydroxylation sites is 2. The van der Waals surface area contributed by atoms with E-state index in [9.17, 15) is 0 Å². The number of rotatable bonds is 4. The molecule has 2 rings (SSSR count). The van der Waals surface area contributed by atoms with Crippen LogP contribution in [0.15, 0.2) is 24.3 Å². The molecule has 1 aromatic carbocycles. The Kier molecular flexibility index (Phi) is 2.87. The SMILES string of the molecule is CCC(CO)Nc1nc2ccccc2[nH]1. The Hall–Kier alpha value is -1.55. The first-order valence-electron chi connectivity index (χ1n) is 5.15. The maximum atomic E-state index is 9.06. The van der Waals surface area contributed by atoms with Crippen molar-refractivity contribution in [1.29, 1.82) is 0 Å². The summed E-state index contributed by atoms with van der Waals surface area (Å²) < 4.78 is 0. The van der Waals surface area contributed by atoms with Gasteiger partial charge in [-0.25, -0.2) is 4.98 Å². The van der Waals surface area contributed by atoms with Crippen molar-refractivity contribution in [1.82, 2.24) is 9.97 Å². The van der Waals surface area contributed by atoms with E-state index in [2.05, 4.69) is 15.3 Å². The average Bonchev–Trinajstić information content (AvgIpc) is 2.68. The molecule has 1 aromatic heterocycles. The van der Waals surface area contributed by atoms with Gasteiger partial charge in [0.25, 0.3) is 0 Å². The fourth-order valence-electron chi connectivity index (χ4n) is 1.49. The molecule has 1 atom stereocenters. The number of H-pyrrole nitrogens is 1. The molecule has 0 spiro atoms. The highest BCUT2D eigenvalue weighted by atomic mass is 16.3. The van der Waals surface area contributed by atoms with Crippen molar-refractivity contribution in [3.8, 4) is 0 Å². The van der Waals surface area contributed by atoms with Crippen LogP contribution < -0.4 is 5.32 Å². The first-order valence-corrected chi connectivity index (χ1v) is 5.15. The van der Waals surface area contributed by atoms with E-state index in [1.54, 1.807) is 0 Å². The Morgan fingerprint density at radius 2 is 2.27 bits per heavy atom. The lowest BCUT2D eigenvalue weighted by atomic mass is 10.2. The zero-order chi connectivity index (χ0) is 10.7. The second-order valence-electron chi connectivity index (χ2n) is 3.53. The zero-order valence-electron chi connectivity index (χ0n) is 8.70. The van der Waals surface area contributed by atoms with E-state index in [1.165, 1.54) is 0 Å². The van der Waals surface area contributed by atoms with E-state index in [0.29, 0.717) is 0 Å². The predicted molar refractivity (Wildman–Crippen MR) is 60.9 cm³/mol. The van der Waals surface area contributed by atoms with Gasteiger partial charge in [-0.1, -0.05) is 19.1 Å². The van der Waals surface area contributed by atoms with Crippen LogP contribution in [0.5, 0.6) is 0 Å². The summed E-state index contributed by atoms with van der Waals surface area (Å²) >= 11 is 0. The molecule has 0 saturated carbocycles. The maximum absolute atomic E-state index is 9.06. The van der Waals surface area contributed by atoms with E-state index >= 15 is 0 Å². The first kappa shape index (κ1) is 9.98. The van der Waals surface area contributed by atoms with E-state index < -0.39 is 0 Å². The number of hydrogen-bond donors (Lipinski definition) is 3. The molecule has 4 nitrogen and oxygen atoms in total. The Morgan fingerprint density at radius 1 is 1.47 bits per heavy atom. The number of aliphatic hydroxyl groups excluding tert-OH is 1. The van der Waals surface area contributed by atoms with Gasteiger partial charge in [0.2, 0.25) is 5.95 Å². The molecule has 0 aliphatic heterocycles. The van der Waals surface area contributed by atoms with Crippen LogP contribution in [0.2, 0.25) is 0 Å². The van der Waals surface area contributed by atoms with Gasteiger partial charge in [-0.15, -0.1) is 0 Å². The number of aliphatic hydroxyl groups is 1. The van der Waals surface area contributed by atoms with Gasteiger partial charge in [-0.05, 0) is 18.6 Å². The largest absolute Gasteiger partial charge is 0.394 e. The summed E-state index contributed by atoms with van der Waals surface area (Å²) in [6.45, 7) is 2.14. The number of aromatic nitrogens is 2. The van der Waals surface area contributed by atoms with Crippen LogP contribution in [0.1, 0.15) is 13.3 Å². The third-order valence-corrected chi connectivity index (χ3v) is 2.44. The number of nitrogens with one attached hydrogen (secondary N) is 2. The summed E-state index contributed by atoms with van der Waals surface area (Å²) in [6, 6.07) is 7.92. The highest BCUT2D eigenvalue weighted by molar-refractivity contribution is 5.77. The molecule has 1 heterocycles. The molecule has 3 N–H and O–H groups in total. The number of anilines is 1. The van der Waals surface area contributed by atoms with Crippen molar-refractivity contribution in [2.45, 2.75) is 19.4 Å². The number of fused-ring (bicyclic) bond motifs is 1. The summed E-state index contributed by atoms with van der Waals surface area (Å²) in [4.78, 5) is 7.53. The molecule has 0 saturated heterocycles. The fourth-order valence-corrected chi connectivity index (χ4v) is 1.49. The minimum absolute atomic E-state index is 0.0607. The van der Waals surface area contributed by atoms with Crippen molar-refractivity contribution >= 4 is 17.0 Å². The van der Waals surface area contributed by atoms with Gasteiger partial charge in [0.05, 0.1) is 23.7 Å². The normalized spacial score (nSPS) is 12.9. The second-order valence-corrected chi connectivity index (χ2v) is 3.53. The van der Waals surface area contributed by atoms with E-state index in [1.807, 2.05) is 31.2 Å². The van der Waals surface area contributed by atoms with Crippen molar-refractivity contribution in [2.75, 3.05) is 11.9 Å². The van der Waals surface area contributed by atoms with Crippen LogP contribution in [0.3, 0.4) is 0 Å². The Balaban J connectivity index is 2.21. The Morgan fingerprint density at radius 3 is 2.93 bits per heavy atom. The Bertz CT molecular complexity index is 401. The maximum Gasteiger partial charge on any atom is 0.201 e. The van der Waals surface area contributed by atoms with Crippen LogP contribution in [0, 0.1) is 0 Å². The molecule has 80 valence electrons. The summed E-state index contributed by atoms with van der Waals surface area (Å²) in [6.07, 6.45) is 0.869. The van der Waals surface area contributed by atoms with Crippen molar-refractivity contribution in [3.05, 3.63) is 24.3 Å². The van der Waals surface area contributed by atoms with Crippen LogP contribution in [0.4, 0.5) is 5.95 Å². The summed E-state index contributed by atoms with van der Waals surface area (Å²) in [5, 5.41) is 12.2. The molecule has 0 amide bonds. The molecule has 2 aromatic rings. The first-order chi connectivity index (χ1) is 7.33. The van der Waals surface area contributed by atoms with Gasteiger partial charge < -0.3 is 15.4 Å². The summed E-state index contributed by atoms with van der Waals surface area (Å²) in [5.41, 5.74) is 1.94. The topological polar surface area (TPSA) is 60.9 Å². The summed E-state index contributed by atoms with van der Waals surface area (Å²) in [5.74, 6) is 0.720. The number of nitrogens with zero attached hydrogens (tertiary/aromatic N) is 1. The molecule has 4 heteroatoms. The van der Waals surface area contributed by atoms with Crippen molar-refractivity contribution in [2.24, 2.45) is 0 Å². The lowest BCUT2D eigenvalue weighted by molar-refractivity contribution is 0.271. The van der Waals surface area contributed by atoms with E-state index in [4.69, 9.17) is 5.11 Å². The average molecular weight is 205 g/mol. The highest BCUT2D eigenvalue weighted by Crippen LogP contribution is 2.14. The lowest BCUT2D eigenvalue weighted by Crippen LogP contribution is -2.23. The lowest BCUT2D eigenvalue weighted by Gasteiger charge is -2.12. The van der Waals surface area contributed by atoms with Gasteiger partial charge in [0, 0.05) is 0 Å².